The number of nitrogens with zero attached hydrogens (tertiary/aromatic N) is 2. The molecule has 20 heavy (non-hydrogen) atoms. The highest BCUT2D eigenvalue weighted by Gasteiger charge is 2.24. The Morgan fingerprint density at radius 2 is 1.90 bits per heavy atom. The Bertz CT molecular complexity index is 617. The van der Waals surface area contributed by atoms with Crippen LogP contribution >= 0.6 is 0 Å². The van der Waals surface area contributed by atoms with Crippen molar-refractivity contribution in [1.82, 2.24) is 9.78 Å². The van der Waals surface area contributed by atoms with Gasteiger partial charge in [-0.2, -0.15) is 5.10 Å². The first-order valence-corrected chi connectivity index (χ1v) is 7.41. The normalized spacial score (nSPS) is 17.9. The average Bonchev–Trinajstić information content (AvgIpc) is 2.77. The van der Waals surface area contributed by atoms with Crippen molar-refractivity contribution in [2.24, 2.45) is 7.05 Å². The summed E-state index contributed by atoms with van der Waals surface area (Å²) < 4.78 is 2.03. The first-order valence-electron chi connectivity index (χ1n) is 7.41. The Hall–Kier alpha value is -1.77. The van der Waals surface area contributed by atoms with Crippen LogP contribution in [0.3, 0.4) is 0 Å². The minimum Gasteiger partial charge on any atom is -0.378 e. The molecule has 1 unspecified atom stereocenters. The van der Waals surface area contributed by atoms with Crippen molar-refractivity contribution < 1.29 is 0 Å². The van der Waals surface area contributed by atoms with E-state index in [-0.39, 0.29) is 0 Å². The minimum absolute atomic E-state index is 0.396. The molecular formula is C17H23N3. The second-order valence-electron chi connectivity index (χ2n) is 6.03. The molecule has 1 aliphatic rings. The van der Waals surface area contributed by atoms with Gasteiger partial charge in [0.2, 0.25) is 0 Å². The zero-order chi connectivity index (χ0) is 14.3. The summed E-state index contributed by atoms with van der Waals surface area (Å²) in [4.78, 5) is 0. The van der Waals surface area contributed by atoms with Crippen LogP contribution in [0.4, 0.5) is 5.69 Å². The summed E-state index contributed by atoms with van der Waals surface area (Å²) in [5.74, 6) is 0. The van der Waals surface area contributed by atoms with Crippen molar-refractivity contribution >= 4 is 5.69 Å². The SMILES string of the molecule is Cc1cc(C)c(NC2CCCc3c2cnn3C)c(C)c1. The third-order valence-corrected chi connectivity index (χ3v) is 4.37. The van der Waals surface area contributed by atoms with Crippen molar-refractivity contribution in [3.05, 3.63) is 46.3 Å². The summed E-state index contributed by atoms with van der Waals surface area (Å²) in [5.41, 5.74) is 8.04. The van der Waals surface area contributed by atoms with E-state index in [0.717, 1.165) is 6.42 Å². The van der Waals surface area contributed by atoms with Gasteiger partial charge in [0.05, 0.1) is 12.2 Å². The van der Waals surface area contributed by atoms with Crippen LogP contribution in [-0.2, 0) is 13.5 Å². The second kappa shape index (κ2) is 4.97. The monoisotopic (exact) mass is 269 g/mol. The quantitative estimate of drug-likeness (QED) is 0.898. The zero-order valence-electron chi connectivity index (χ0n) is 12.8. The lowest BCUT2D eigenvalue weighted by atomic mass is 9.92. The van der Waals surface area contributed by atoms with E-state index in [4.69, 9.17) is 0 Å². The molecule has 0 amide bonds. The molecule has 1 aromatic carbocycles. The fourth-order valence-corrected chi connectivity index (χ4v) is 3.44. The van der Waals surface area contributed by atoms with Crippen LogP contribution < -0.4 is 5.32 Å². The van der Waals surface area contributed by atoms with Crippen molar-refractivity contribution in [2.45, 2.75) is 46.1 Å². The molecule has 1 heterocycles. The zero-order valence-corrected chi connectivity index (χ0v) is 12.8. The molecule has 0 spiro atoms. The molecule has 0 bridgehead atoms. The lowest BCUT2D eigenvalue weighted by molar-refractivity contribution is 0.571. The van der Waals surface area contributed by atoms with E-state index in [9.17, 15) is 0 Å². The number of fused-ring (bicyclic) bond motifs is 1. The molecule has 106 valence electrons. The third-order valence-electron chi connectivity index (χ3n) is 4.37. The number of hydrogen-bond acceptors (Lipinski definition) is 2. The van der Waals surface area contributed by atoms with Gasteiger partial charge in [-0.15, -0.1) is 0 Å². The average molecular weight is 269 g/mol. The lowest BCUT2D eigenvalue weighted by Crippen LogP contribution is -2.18. The van der Waals surface area contributed by atoms with Crippen molar-refractivity contribution in [2.75, 3.05) is 5.32 Å². The number of aryl methyl sites for hydroxylation is 4. The number of anilines is 1. The van der Waals surface area contributed by atoms with Crippen LogP contribution in [0, 0.1) is 20.8 Å². The molecule has 0 fully saturated rings. The molecule has 0 radical (unpaired) electrons. The summed E-state index contributed by atoms with van der Waals surface area (Å²) in [6.07, 6.45) is 5.60. The van der Waals surface area contributed by atoms with Crippen LogP contribution in [0.5, 0.6) is 0 Å². The number of rotatable bonds is 2. The molecule has 1 N–H and O–H groups in total. The van der Waals surface area contributed by atoms with Crippen LogP contribution in [-0.4, -0.2) is 9.78 Å². The summed E-state index contributed by atoms with van der Waals surface area (Å²) in [6, 6.07) is 4.90. The van der Waals surface area contributed by atoms with Gasteiger partial charge in [-0.1, -0.05) is 17.7 Å². The smallest absolute Gasteiger partial charge is 0.0548 e. The van der Waals surface area contributed by atoms with Crippen molar-refractivity contribution in [3.8, 4) is 0 Å². The van der Waals surface area contributed by atoms with Crippen LogP contribution in [0.2, 0.25) is 0 Å². The number of aromatic nitrogens is 2. The molecule has 1 atom stereocenters. The van der Waals surface area contributed by atoms with Crippen molar-refractivity contribution in [3.63, 3.8) is 0 Å². The standard InChI is InChI=1S/C17H23N3/c1-11-8-12(2)17(13(3)9-11)19-15-6-5-7-16-14(15)10-18-20(16)4/h8-10,15,19H,5-7H2,1-4H3. The maximum Gasteiger partial charge on any atom is 0.0548 e. The van der Waals surface area contributed by atoms with E-state index in [0.29, 0.717) is 6.04 Å². The topological polar surface area (TPSA) is 29.9 Å². The predicted octanol–water partition coefficient (Wildman–Crippen LogP) is 3.83. The van der Waals surface area contributed by atoms with E-state index in [1.54, 1.807) is 0 Å². The Balaban J connectivity index is 1.93. The molecule has 3 rings (SSSR count). The highest BCUT2D eigenvalue weighted by molar-refractivity contribution is 5.59. The minimum atomic E-state index is 0.396. The largest absolute Gasteiger partial charge is 0.378 e. The van der Waals surface area contributed by atoms with Crippen molar-refractivity contribution in [1.29, 1.82) is 0 Å². The summed E-state index contributed by atoms with van der Waals surface area (Å²) in [6.45, 7) is 6.54. The molecule has 3 heteroatoms. The van der Waals surface area contributed by atoms with E-state index in [2.05, 4.69) is 43.3 Å². The Kier molecular flexibility index (Phi) is 3.28. The maximum atomic E-state index is 4.43. The van der Waals surface area contributed by atoms with Crippen LogP contribution in [0.15, 0.2) is 18.3 Å². The molecule has 1 aromatic heterocycles. The fourth-order valence-electron chi connectivity index (χ4n) is 3.44. The number of nitrogens with one attached hydrogen (secondary N) is 1. The van der Waals surface area contributed by atoms with Gasteiger partial charge in [0.15, 0.2) is 0 Å². The van der Waals surface area contributed by atoms with Gasteiger partial charge in [-0.25, -0.2) is 0 Å². The number of benzene rings is 1. The van der Waals surface area contributed by atoms with Gasteiger partial charge < -0.3 is 5.32 Å². The third kappa shape index (κ3) is 2.21. The highest BCUT2D eigenvalue weighted by atomic mass is 15.3. The summed E-state index contributed by atoms with van der Waals surface area (Å²) in [5, 5.41) is 8.19. The van der Waals surface area contributed by atoms with E-state index in [1.807, 2.05) is 17.9 Å². The van der Waals surface area contributed by atoms with Gasteiger partial charge in [0.25, 0.3) is 0 Å². The highest BCUT2D eigenvalue weighted by Crippen LogP contribution is 2.34. The number of hydrogen-bond donors (Lipinski definition) is 1. The summed E-state index contributed by atoms with van der Waals surface area (Å²) in [7, 11) is 2.05. The Morgan fingerprint density at radius 3 is 2.60 bits per heavy atom. The lowest BCUT2D eigenvalue weighted by Gasteiger charge is -2.26. The fraction of sp³-hybridized carbons (Fsp3) is 0.471. The molecule has 0 aliphatic heterocycles. The molecule has 2 aromatic rings. The predicted molar refractivity (Wildman–Crippen MR) is 83.2 cm³/mol. The molecular weight excluding hydrogens is 246 g/mol. The van der Waals surface area contributed by atoms with Gasteiger partial charge in [0.1, 0.15) is 0 Å². The molecule has 0 saturated carbocycles. The molecule has 3 nitrogen and oxygen atoms in total. The second-order valence-corrected chi connectivity index (χ2v) is 6.03. The molecule has 0 saturated heterocycles. The Labute approximate surface area is 121 Å². The first-order chi connectivity index (χ1) is 9.56. The van der Waals surface area contributed by atoms with Crippen LogP contribution in [0.1, 0.15) is 46.8 Å². The maximum absolute atomic E-state index is 4.43. The van der Waals surface area contributed by atoms with E-state index < -0.39 is 0 Å². The van der Waals surface area contributed by atoms with E-state index in [1.165, 1.54) is 46.5 Å². The first kappa shape index (κ1) is 13.2. The summed E-state index contributed by atoms with van der Waals surface area (Å²) >= 11 is 0. The van der Waals surface area contributed by atoms with Gasteiger partial charge in [0, 0.05) is 24.0 Å². The van der Waals surface area contributed by atoms with Gasteiger partial charge >= 0.3 is 0 Å². The van der Waals surface area contributed by atoms with Crippen LogP contribution in [0.25, 0.3) is 0 Å². The van der Waals surface area contributed by atoms with E-state index >= 15 is 0 Å². The molecule has 1 aliphatic carbocycles. The van der Waals surface area contributed by atoms with Gasteiger partial charge in [-0.3, -0.25) is 4.68 Å². The van der Waals surface area contributed by atoms with Gasteiger partial charge in [-0.05, 0) is 51.2 Å². The Morgan fingerprint density at radius 1 is 1.20 bits per heavy atom.